The first-order chi connectivity index (χ1) is 9.24. The summed E-state index contributed by atoms with van der Waals surface area (Å²) >= 11 is 0. The number of likely N-dealkylation sites (tertiary alicyclic amines) is 1. The van der Waals surface area contributed by atoms with Gasteiger partial charge in [0, 0.05) is 43.5 Å². The molecule has 2 aliphatic rings. The van der Waals surface area contributed by atoms with E-state index in [9.17, 15) is 0 Å². The summed E-state index contributed by atoms with van der Waals surface area (Å²) in [6, 6.07) is 0.686. The zero-order valence-corrected chi connectivity index (χ0v) is 12.2. The fourth-order valence-corrected chi connectivity index (χ4v) is 3.49. The Hall–Kier alpha value is -0.870. The summed E-state index contributed by atoms with van der Waals surface area (Å²) in [5.41, 5.74) is 1.44. The van der Waals surface area contributed by atoms with Gasteiger partial charge in [-0.25, -0.2) is 4.98 Å². The highest BCUT2D eigenvalue weighted by molar-refractivity contribution is 5.09. The van der Waals surface area contributed by atoms with Crippen molar-refractivity contribution >= 4 is 0 Å². The van der Waals surface area contributed by atoms with Crippen LogP contribution < -0.4 is 5.32 Å². The monoisotopic (exact) mass is 262 g/mol. The van der Waals surface area contributed by atoms with Gasteiger partial charge in [0.05, 0.1) is 6.33 Å². The molecule has 106 valence electrons. The Kier molecular flexibility index (Phi) is 3.89. The first kappa shape index (κ1) is 13.1. The van der Waals surface area contributed by atoms with Crippen molar-refractivity contribution in [2.24, 2.45) is 5.92 Å². The van der Waals surface area contributed by atoms with Gasteiger partial charge in [0.1, 0.15) is 0 Å². The van der Waals surface area contributed by atoms with Crippen molar-refractivity contribution in [3.63, 3.8) is 0 Å². The quantitative estimate of drug-likeness (QED) is 0.896. The molecule has 0 aromatic carbocycles. The van der Waals surface area contributed by atoms with E-state index in [-0.39, 0.29) is 0 Å². The topological polar surface area (TPSA) is 33.1 Å². The highest BCUT2D eigenvalue weighted by atomic mass is 15.2. The van der Waals surface area contributed by atoms with Gasteiger partial charge in [0.15, 0.2) is 0 Å². The standard InChI is InChI=1S/C15H26N4/c1-12(2)18-6-4-13(9-18)10-19-11-17-8-15(19)14-3-5-16-7-14/h8,11-14,16H,3-7,9-10H2,1-2H3. The summed E-state index contributed by atoms with van der Waals surface area (Å²) in [7, 11) is 0. The zero-order valence-electron chi connectivity index (χ0n) is 12.2. The van der Waals surface area contributed by atoms with Gasteiger partial charge in [0.25, 0.3) is 0 Å². The molecule has 0 bridgehead atoms. The van der Waals surface area contributed by atoms with Crippen LogP contribution in [0.4, 0.5) is 0 Å². The van der Waals surface area contributed by atoms with Crippen LogP contribution in [0.2, 0.25) is 0 Å². The van der Waals surface area contributed by atoms with E-state index in [0.717, 1.165) is 25.6 Å². The average Bonchev–Trinajstić information content (AvgIpc) is 3.09. The molecule has 1 N–H and O–H groups in total. The first-order valence-corrected chi connectivity index (χ1v) is 7.69. The van der Waals surface area contributed by atoms with Gasteiger partial charge in [-0.1, -0.05) is 0 Å². The van der Waals surface area contributed by atoms with E-state index in [4.69, 9.17) is 0 Å². The second-order valence-corrected chi connectivity index (χ2v) is 6.40. The lowest BCUT2D eigenvalue weighted by Crippen LogP contribution is -2.29. The average molecular weight is 262 g/mol. The Morgan fingerprint density at radius 3 is 3.00 bits per heavy atom. The molecule has 2 unspecified atom stereocenters. The number of hydrogen-bond donors (Lipinski definition) is 1. The largest absolute Gasteiger partial charge is 0.334 e. The van der Waals surface area contributed by atoms with Gasteiger partial charge in [-0.2, -0.15) is 0 Å². The predicted octanol–water partition coefficient (Wildman–Crippen LogP) is 1.69. The van der Waals surface area contributed by atoms with Crippen LogP contribution in [0.5, 0.6) is 0 Å². The molecule has 2 saturated heterocycles. The van der Waals surface area contributed by atoms with Crippen LogP contribution in [0.15, 0.2) is 12.5 Å². The molecule has 2 fully saturated rings. The van der Waals surface area contributed by atoms with E-state index < -0.39 is 0 Å². The van der Waals surface area contributed by atoms with Crippen LogP contribution >= 0.6 is 0 Å². The molecule has 1 aromatic heterocycles. The summed E-state index contributed by atoms with van der Waals surface area (Å²) in [5.74, 6) is 1.47. The molecule has 4 nitrogen and oxygen atoms in total. The van der Waals surface area contributed by atoms with E-state index >= 15 is 0 Å². The lowest BCUT2D eigenvalue weighted by Gasteiger charge is -2.21. The maximum atomic E-state index is 4.38. The lowest BCUT2D eigenvalue weighted by molar-refractivity contribution is 0.260. The van der Waals surface area contributed by atoms with Crippen LogP contribution in [-0.2, 0) is 6.54 Å². The Balaban J connectivity index is 1.63. The minimum absolute atomic E-state index is 0.671. The summed E-state index contributed by atoms with van der Waals surface area (Å²) in [6.07, 6.45) is 6.70. The van der Waals surface area contributed by atoms with Crippen molar-refractivity contribution in [1.29, 1.82) is 0 Å². The summed E-state index contributed by atoms with van der Waals surface area (Å²) in [4.78, 5) is 6.98. The molecule has 1 aromatic rings. The molecule has 0 amide bonds. The molecule has 0 radical (unpaired) electrons. The second-order valence-electron chi connectivity index (χ2n) is 6.40. The van der Waals surface area contributed by atoms with Crippen molar-refractivity contribution in [2.45, 2.75) is 45.2 Å². The van der Waals surface area contributed by atoms with Gasteiger partial charge in [-0.3, -0.25) is 0 Å². The number of rotatable bonds is 4. The molecule has 4 heteroatoms. The molecule has 0 spiro atoms. The number of hydrogen-bond acceptors (Lipinski definition) is 3. The third-order valence-electron chi connectivity index (χ3n) is 4.73. The van der Waals surface area contributed by atoms with Crippen LogP contribution in [0.3, 0.4) is 0 Å². The molecule has 0 aliphatic carbocycles. The van der Waals surface area contributed by atoms with E-state index in [2.05, 4.69) is 39.8 Å². The van der Waals surface area contributed by atoms with E-state index in [1.54, 1.807) is 0 Å². The summed E-state index contributed by atoms with van der Waals surface area (Å²) < 4.78 is 2.41. The highest BCUT2D eigenvalue weighted by Gasteiger charge is 2.26. The van der Waals surface area contributed by atoms with E-state index in [1.807, 2.05) is 6.33 Å². The Bertz CT molecular complexity index is 406. The number of nitrogens with zero attached hydrogens (tertiary/aromatic N) is 3. The third-order valence-corrected chi connectivity index (χ3v) is 4.73. The van der Waals surface area contributed by atoms with Gasteiger partial charge >= 0.3 is 0 Å². The maximum absolute atomic E-state index is 4.38. The normalized spacial score (nSPS) is 28.6. The fraction of sp³-hybridized carbons (Fsp3) is 0.800. The Morgan fingerprint density at radius 2 is 2.32 bits per heavy atom. The van der Waals surface area contributed by atoms with Crippen molar-refractivity contribution < 1.29 is 0 Å². The molecular formula is C15H26N4. The molecule has 3 rings (SSSR count). The molecule has 19 heavy (non-hydrogen) atoms. The van der Waals surface area contributed by atoms with Gasteiger partial charge in [0.2, 0.25) is 0 Å². The Labute approximate surface area is 116 Å². The highest BCUT2D eigenvalue weighted by Crippen LogP contribution is 2.25. The van der Waals surface area contributed by atoms with Gasteiger partial charge in [-0.05, 0) is 45.7 Å². The molecule has 0 saturated carbocycles. The van der Waals surface area contributed by atoms with E-state index in [1.165, 1.54) is 31.6 Å². The minimum Gasteiger partial charge on any atom is -0.334 e. The second kappa shape index (κ2) is 5.63. The molecular weight excluding hydrogens is 236 g/mol. The van der Waals surface area contributed by atoms with Crippen LogP contribution in [-0.4, -0.2) is 46.7 Å². The van der Waals surface area contributed by atoms with Crippen molar-refractivity contribution in [1.82, 2.24) is 19.8 Å². The van der Waals surface area contributed by atoms with Crippen molar-refractivity contribution in [2.75, 3.05) is 26.2 Å². The summed E-state index contributed by atoms with van der Waals surface area (Å²) in [6.45, 7) is 10.5. The first-order valence-electron chi connectivity index (χ1n) is 7.69. The van der Waals surface area contributed by atoms with E-state index in [0.29, 0.717) is 12.0 Å². The van der Waals surface area contributed by atoms with Crippen molar-refractivity contribution in [3.8, 4) is 0 Å². The molecule has 2 aliphatic heterocycles. The fourth-order valence-electron chi connectivity index (χ4n) is 3.49. The SMILES string of the molecule is CC(C)N1CCC(Cn2cncc2C2CCNC2)C1. The minimum atomic E-state index is 0.671. The third kappa shape index (κ3) is 2.84. The molecule has 3 heterocycles. The Morgan fingerprint density at radius 1 is 1.42 bits per heavy atom. The van der Waals surface area contributed by atoms with Gasteiger partial charge in [-0.15, -0.1) is 0 Å². The number of nitrogens with one attached hydrogen (secondary N) is 1. The van der Waals surface area contributed by atoms with Gasteiger partial charge < -0.3 is 14.8 Å². The summed E-state index contributed by atoms with van der Waals surface area (Å²) in [5, 5.41) is 3.45. The van der Waals surface area contributed by atoms with Crippen LogP contribution in [0.1, 0.15) is 38.3 Å². The van der Waals surface area contributed by atoms with Crippen LogP contribution in [0, 0.1) is 5.92 Å². The molecule has 2 atom stereocenters. The number of imidazole rings is 1. The predicted molar refractivity (Wildman–Crippen MR) is 77.3 cm³/mol. The van der Waals surface area contributed by atoms with Crippen LogP contribution in [0.25, 0.3) is 0 Å². The van der Waals surface area contributed by atoms with Crippen molar-refractivity contribution in [3.05, 3.63) is 18.2 Å². The smallest absolute Gasteiger partial charge is 0.0948 e. The zero-order chi connectivity index (χ0) is 13.2. The lowest BCUT2D eigenvalue weighted by atomic mass is 10.0. The maximum Gasteiger partial charge on any atom is 0.0948 e. The number of aromatic nitrogens is 2.